The number of hydrogen-bond donors (Lipinski definition) is 2. The van der Waals surface area contributed by atoms with E-state index in [1.54, 1.807) is 47.6 Å². The van der Waals surface area contributed by atoms with Crippen molar-refractivity contribution in [1.82, 2.24) is 15.5 Å². The second kappa shape index (κ2) is 9.85. The molecule has 3 atom stereocenters. The lowest BCUT2D eigenvalue weighted by Crippen LogP contribution is -2.71. The van der Waals surface area contributed by atoms with Crippen LogP contribution in [0.5, 0.6) is 0 Å². The molecule has 0 radical (unpaired) electrons. The number of esters is 1. The third-order valence-electron chi connectivity index (χ3n) is 5.08. The number of hydrogen-bond acceptors (Lipinski definition) is 7. The monoisotopic (exact) mass is 491 g/mol. The summed E-state index contributed by atoms with van der Waals surface area (Å²) < 4.78 is 10.8. The Hall–Kier alpha value is -2.75. The molecule has 0 aromatic heterocycles. The highest BCUT2D eigenvalue weighted by molar-refractivity contribution is 8.00. The zero-order valence-corrected chi connectivity index (χ0v) is 21.3. The van der Waals surface area contributed by atoms with Crippen LogP contribution in [0.1, 0.15) is 54.4 Å². The number of nitrogens with zero attached hydrogens (tertiary/aromatic N) is 1. The summed E-state index contributed by atoms with van der Waals surface area (Å²) in [5.41, 5.74) is -0.500. The Bertz CT molecular complexity index is 957. The van der Waals surface area contributed by atoms with Gasteiger partial charge in [-0.15, -0.1) is 11.8 Å². The predicted octanol–water partition coefficient (Wildman–Crippen LogP) is 2.78. The fourth-order valence-electron chi connectivity index (χ4n) is 3.70. The van der Waals surface area contributed by atoms with Crippen molar-refractivity contribution in [1.29, 1.82) is 0 Å². The Morgan fingerprint density at radius 2 is 1.74 bits per heavy atom. The minimum atomic E-state index is -0.976. The molecule has 2 heterocycles. The van der Waals surface area contributed by atoms with E-state index in [4.69, 9.17) is 9.47 Å². The zero-order chi connectivity index (χ0) is 25.3. The Balaban J connectivity index is 1.71. The summed E-state index contributed by atoms with van der Waals surface area (Å²) in [4.78, 5) is 52.5. The van der Waals surface area contributed by atoms with Crippen molar-refractivity contribution in [2.24, 2.45) is 0 Å². The average Bonchev–Trinajstić information content (AvgIpc) is 2.73. The van der Waals surface area contributed by atoms with Gasteiger partial charge in [0.2, 0.25) is 5.91 Å². The Kier molecular flexibility index (Phi) is 7.50. The van der Waals surface area contributed by atoms with Crippen LogP contribution in [0.25, 0.3) is 0 Å². The summed E-state index contributed by atoms with van der Waals surface area (Å²) in [6, 6.07) is -1.79. The summed E-state index contributed by atoms with van der Waals surface area (Å²) in [6.07, 6.45) is 7.88. The highest BCUT2D eigenvalue weighted by Gasteiger charge is 2.53. The molecule has 9 nitrogen and oxygen atoms in total. The molecular formula is C24H33N3O6S. The van der Waals surface area contributed by atoms with Gasteiger partial charge in [-0.1, -0.05) is 18.2 Å². The quantitative estimate of drug-likeness (QED) is 0.345. The molecule has 186 valence electrons. The first kappa shape index (κ1) is 25.9. The standard InChI is InChI=1S/C24H33N3O6S/c1-23(2,3)32-21(30)15-12-13-34-20-17(19(29)27(15)20)25-18(28)16(14-10-8-7-9-11-14)26-22(31)33-24(4,5)6/h7-8,11-12,16-17,20H,9-10,13H2,1-6H3,(H,25,28)(H,26,31)/t16?,17-,20+/m1/s1. The van der Waals surface area contributed by atoms with Gasteiger partial charge >= 0.3 is 12.1 Å². The number of β-lactam (4-membered cyclic amide) rings is 1. The number of thioether (sulfide) groups is 1. The molecule has 1 unspecified atom stereocenters. The molecule has 0 aromatic rings. The normalized spacial score (nSPS) is 23.0. The van der Waals surface area contributed by atoms with Crippen molar-refractivity contribution in [2.45, 2.75) is 83.0 Å². The fourth-order valence-corrected chi connectivity index (χ4v) is 4.90. The molecule has 3 rings (SSSR count). The van der Waals surface area contributed by atoms with Crippen LogP contribution in [0.3, 0.4) is 0 Å². The topological polar surface area (TPSA) is 114 Å². The van der Waals surface area contributed by atoms with Gasteiger partial charge in [-0.2, -0.15) is 0 Å². The van der Waals surface area contributed by atoms with Crippen LogP contribution >= 0.6 is 11.8 Å². The third kappa shape index (κ3) is 6.22. The number of alkyl carbamates (subject to hydrolysis) is 1. The largest absolute Gasteiger partial charge is 0.455 e. The molecule has 1 fully saturated rings. The van der Waals surface area contributed by atoms with Gasteiger partial charge in [-0.25, -0.2) is 9.59 Å². The highest BCUT2D eigenvalue weighted by atomic mass is 32.2. The van der Waals surface area contributed by atoms with E-state index in [9.17, 15) is 19.2 Å². The zero-order valence-electron chi connectivity index (χ0n) is 20.5. The maximum atomic E-state index is 13.2. The lowest BCUT2D eigenvalue weighted by atomic mass is 9.96. The molecule has 0 bridgehead atoms. The number of allylic oxidation sites excluding steroid dienone is 3. The van der Waals surface area contributed by atoms with Crippen molar-refractivity contribution in [3.05, 3.63) is 35.6 Å². The van der Waals surface area contributed by atoms with Crippen molar-refractivity contribution in [2.75, 3.05) is 5.75 Å². The lowest BCUT2D eigenvalue weighted by molar-refractivity contribution is -0.158. The summed E-state index contributed by atoms with van der Waals surface area (Å²) in [5, 5.41) is 4.99. The molecule has 2 N–H and O–H groups in total. The molecule has 1 saturated heterocycles. The number of fused-ring (bicyclic) bond motifs is 1. The van der Waals surface area contributed by atoms with E-state index in [0.29, 0.717) is 18.6 Å². The van der Waals surface area contributed by atoms with Gasteiger partial charge in [0.1, 0.15) is 34.4 Å². The summed E-state index contributed by atoms with van der Waals surface area (Å²) >= 11 is 1.44. The SMILES string of the molecule is CC(C)(C)OC(=O)NC(C(=O)N[C@@H]1C(=O)N2C(C(=O)OC(C)(C)C)=CCS[C@@H]12)C1=CCC=CC1. The van der Waals surface area contributed by atoms with E-state index in [2.05, 4.69) is 10.6 Å². The predicted molar refractivity (Wildman–Crippen MR) is 129 cm³/mol. The van der Waals surface area contributed by atoms with E-state index in [1.807, 2.05) is 18.2 Å². The van der Waals surface area contributed by atoms with Crippen LogP contribution < -0.4 is 10.6 Å². The van der Waals surface area contributed by atoms with Gasteiger partial charge in [-0.3, -0.25) is 14.5 Å². The van der Waals surface area contributed by atoms with Crippen molar-refractivity contribution in [3.63, 3.8) is 0 Å². The van der Waals surface area contributed by atoms with Crippen LogP contribution in [-0.2, 0) is 23.9 Å². The molecule has 2 aliphatic heterocycles. The van der Waals surface area contributed by atoms with Gasteiger partial charge in [0.05, 0.1) is 0 Å². The molecule has 10 heteroatoms. The first-order valence-corrected chi connectivity index (χ1v) is 12.3. The van der Waals surface area contributed by atoms with Gasteiger partial charge in [0, 0.05) is 5.75 Å². The van der Waals surface area contributed by atoms with Gasteiger partial charge in [-0.05, 0) is 66.0 Å². The second-order valence-corrected chi connectivity index (χ2v) is 11.4. The lowest BCUT2D eigenvalue weighted by Gasteiger charge is -2.49. The number of rotatable bonds is 5. The molecule has 0 aromatic carbocycles. The number of amides is 3. The van der Waals surface area contributed by atoms with Crippen LogP contribution in [0, 0.1) is 0 Å². The fraction of sp³-hybridized carbons (Fsp3) is 0.583. The van der Waals surface area contributed by atoms with Crippen molar-refractivity contribution >= 4 is 35.6 Å². The first-order valence-electron chi connectivity index (χ1n) is 11.3. The molecule has 1 aliphatic carbocycles. The molecule has 0 spiro atoms. The van der Waals surface area contributed by atoms with Crippen molar-refractivity contribution in [3.8, 4) is 0 Å². The van der Waals surface area contributed by atoms with Crippen LogP contribution in [-0.4, -0.2) is 63.2 Å². The van der Waals surface area contributed by atoms with Crippen LogP contribution in [0.2, 0.25) is 0 Å². The number of ether oxygens (including phenoxy) is 2. The number of carbonyl (C=O) groups excluding carboxylic acids is 4. The molecule has 0 saturated carbocycles. The highest BCUT2D eigenvalue weighted by Crippen LogP contribution is 2.38. The van der Waals surface area contributed by atoms with Gasteiger partial charge in [0.25, 0.3) is 5.91 Å². The van der Waals surface area contributed by atoms with E-state index in [-0.39, 0.29) is 5.70 Å². The van der Waals surface area contributed by atoms with Crippen LogP contribution in [0.4, 0.5) is 4.79 Å². The van der Waals surface area contributed by atoms with Crippen molar-refractivity contribution < 1.29 is 28.7 Å². The average molecular weight is 492 g/mol. The minimum Gasteiger partial charge on any atom is -0.455 e. The second-order valence-electron chi connectivity index (χ2n) is 10.3. The molecule has 3 aliphatic rings. The van der Waals surface area contributed by atoms with Crippen LogP contribution in [0.15, 0.2) is 35.6 Å². The molecule has 3 amide bonds. The maximum Gasteiger partial charge on any atom is 0.408 e. The first-order chi connectivity index (χ1) is 15.8. The van der Waals surface area contributed by atoms with E-state index in [0.717, 1.165) is 5.57 Å². The van der Waals surface area contributed by atoms with Gasteiger partial charge in [0.15, 0.2) is 0 Å². The van der Waals surface area contributed by atoms with E-state index in [1.165, 1.54) is 16.7 Å². The van der Waals surface area contributed by atoms with E-state index >= 15 is 0 Å². The summed E-state index contributed by atoms with van der Waals surface area (Å²) in [5.74, 6) is -0.958. The summed E-state index contributed by atoms with van der Waals surface area (Å²) in [6.45, 7) is 10.5. The number of nitrogens with one attached hydrogen (secondary N) is 2. The Labute approximate surface area is 204 Å². The Morgan fingerprint density at radius 3 is 2.32 bits per heavy atom. The number of carbonyl (C=O) groups is 4. The smallest absolute Gasteiger partial charge is 0.408 e. The summed E-state index contributed by atoms with van der Waals surface area (Å²) in [7, 11) is 0. The van der Waals surface area contributed by atoms with E-state index < -0.39 is 52.5 Å². The molecular weight excluding hydrogens is 458 g/mol. The minimum absolute atomic E-state index is 0.192. The maximum absolute atomic E-state index is 13.2. The van der Waals surface area contributed by atoms with Gasteiger partial charge < -0.3 is 20.1 Å². The Morgan fingerprint density at radius 1 is 1.06 bits per heavy atom. The third-order valence-corrected chi connectivity index (χ3v) is 6.27. The molecule has 34 heavy (non-hydrogen) atoms.